The molecule has 0 radical (unpaired) electrons. The summed E-state index contributed by atoms with van der Waals surface area (Å²) in [5.41, 5.74) is 0.324. The van der Waals surface area contributed by atoms with Crippen molar-refractivity contribution < 1.29 is 9.63 Å². The number of rotatable bonds is 1. The summed E-state index contributed by atoms with van der Waals surface area (Å²) in [4.78, 5) is 16.6. The van der Waals surface area contributed by atoms with Gasteiger partial charge in [0.1, 0.15) is 0 Å². The van der Waals surface area contributed by atoms with E-state index in [0.717, 1.165) is 6.42 Å². The van der Waals surface area contributed by atoms with Gasteiger partial charge in [-0.2, -0.15) is 0 Å². The highest BCUT2D eigenvalue weighted by Crippen LogP contribution is 2.08. The van der Waals surface area contributed by atoms with Crippen LogP contribution in [0.4, 0.5) is 0 Å². The molecule has 1 saturated heterocycles. The molecule has 6 heteroatoms. The summed E-state index contributed by atoms with van der Waals surface area (Å²) in [5, 5.41) is 8.70. The third kappa shape index (κ3) is 1.52. The molecular weight excluding hydrogens is 172 g/mol. The quantitative estimate of drug-likeness (QED) is 0.592. The Morgan fingerprint density at radius 2 is 2.54 bits per heavy atom. The maximum absolute atomic E-state index is 11.5. The average Bonchev–Trinajstić information content (AvgIpc) is 2.72. The van der Waals surface area contributed by atoms with Crippen molar-refractivity contribution in [3.8, 4) is 0 Å². The first kappa shape index (κ1) is 8.18. The molecule has 0 aliphatic carbocycles. The van der Waals surface area contributed by atoms with Crippen molar-refractivity contribution in [2.24, 2.45) is 7.05 Å². The molecule has 70 valence electrons. The summed E-state index contributed by atoms with van der Waals surface area (Å²) in [5.74, 6) is -0.217. The lowest BCUT2D eigenvalue weighted by atomic mass is 10.4. The van der Waals surface area contributed by atoms with Crippen molar-refractivity contribution in [1.82, 2.24) is 20.1 Å². The molecule has 1 aromatic rings. The van der Waals surface area contributed by atoms with E-state index in [1.807, 2.05) is 0 Å². The zero-order valence-electron chi connectivity index (χ0n) is 7.30. The second kappa shape index (κ2) is 3.14. The van der Waals surface area contributed by atoms with Gasteiger partial charge in [-0.1, -0.05) is 5.21 Å². The van der Waals surface area contributed by atoms with Crippen LogP contribution in [0.25, 0.3) is 0 Å². The molecule has 0 spiro atoms. The molecule has 0 aromatic carbocycles. The van der Waals surface area contributed by atoms with Crippen LogP contribution in [0.2, 0.25) is 0 Å². The second-order valence-corrected chi connectivity index (χ2v) is 2.87. The van der Waals surface area contributed by atoms with Crippen LogP contribution in [0.5, 0.6) is 0 Å². The van der Waals surface area contributed by atoms with Crippen LogP contribution in [0, 0.1) is 0 Å². The Morgan fingerprint density at radius 3 is 3.08 bits per heavy atom. The lowest BCUT2D eigenvalue weighted by molar-refractivity contribution is -0.0771. The Hall–Kier alpha value is -1.43. The number of amides is 1. The third-order valence-electron chi connectivity index (χ3n) is 1.80. The predicted molar refractivity (Wildman–Crippen MR) is 42.6 cm³/mol. The predicted octanol–water partition coefficient (Wildman–Crippen LogP) is -0.407. The average molecular weight is 182 g/mol. The van der Waals surface area contributed by atoms with Crippen molar-refractivity contribution in [2.45, 2.75) is 6.42 Å². The highest BCUT2D eigenvalue weighted by molar-refractivity contribution is 5.91. The van der Waals surface area contributed by atoms with Gasteiger partial charge in [0.2, 0.25) is 0 Å². The monoisotopic (exact) mass is 182 g/mol. The van der Waals surface area contributed by atoms with Crippen molar-refractivity contribution >= 4 is 5.91 Å². The first-order chi connectivity index (χ1) is 6.27. The van der Waals surface area contributed by atoms with Gasteiger partial charge in [-0.15, -0.1) is 5.10 Å². The van der Waals surface area contributed by atoms with Gasteiger partial charge in [0.05, 0.1) is 19.3 Å². The van der Waals surface area contributed by atoms with Crippen LogP contribution < -0.4 is 0 Å². The van der Waals surface area contributed by atoms with E-state index in [4.69, 9.17) is 4.84 Å². The van der Waals surface area contributed by atoms with Gasteiger partial charge >= 0.3 is 0 Å². The number of carbonyl (C=O) groups excluding carboxylic acids is 1. The molecule has 0 N–H and O–H groups in total. The number of carbonyl (C=O) groups is 1. The third-order valence-corrected chi connectivity index (χ3v) is 1.80. The smallest absolute Gasteiger partial charge is 0.271 e. The van der Waals surface area contributed by atoms with E-state index in [0.29, 0.717) is 18.8 Å². The van der Waals surface area contributed by atoms with E-state index in [1.54, 1.807) is 13.2 Å². The first-order valence-corrected chi connectivity index (χ1v) is 4.08. The van der Waals surface area contributed by atoms with Crippen molar-refractivity contribution in [2.75, 3.05) is 13.2 Å². The summed E-state index contributed by atoms with van der Waals surface area (Å²) in [7, 11) is 1.72. The number of aromatic nitrogens is 3. The van der Waals surface area contributed by atoms with E-state index in [9.17, 15) is 4.79 Å². The molecule has 1 fully saturated rings. The van der Waals surface area contributed by atoms with E-state index < -0.39 is 0 Å². The van der Waals surface area contributed by atoms with Crippen LogP contribution in [-0.4, -0.2) is 39.1 Å². The van der Waals surface area contributed by atoms with Gasteiger partial charge < -0.3 is 0 Å². The Labute approximate surface area is 75.0 Å². The highest BCUT2D eigenvalue weighted by atomic mass is 16.7. The fraction of sp³-hybridized carbons (Fsp3) is 0.571. The molecule has 0 atom stereocenters. The van der Waals surface area contributed by atoms with Gasteiger partial charge in [0, 0.05) is 7.05 Å². The molecular formula is C7H10N4O2. The molecule has 0 unspecified atom stereocenters. The molecule has 1 aromatic heterocycles. The molecule has 2 heterocycles. The topological polar surface area (TPSA) is 60.2 Å². The summed E-state index contributed by atoms with van der Waals surface area (Å²) in [6, 6.07) is 0. The number of nitrogens with zero attached hydrogens (tertiary/aromatic N) is 4. The molecule has 13 heavy (non-hydrogen) atoms. The van der Waals surface area contributed by atoms with Crippen LogP contribution in [0.1, 0.15) is 16.9 Å². The molecule has 6 nitrogen and oxygen atoms in total. The van der Waals surface area contributed by atoms with Crippen LogP contribution in [-0.2, 0) is 11.9 Å². The minimum Gasteiger partial charge on any atom is -0.271 e. The van der Waals surface area contributed by atoms with Crippen molar-refractivity contribution in [3.05, 3.63) is 11.9 Å². The normalized spacial score (nSPS) is 16.5. The minimum atomic E-state index is -0.217. The van der Waals surface area contributed by atoms with Gasteiger partial charge in [-0.25, -0.2) is 5.06 Å². The molecule has 1 aliphatic heterocycles. The van der Waals surface area contributed by atoms with Gasteiger partial charge in [0.25, 0.3) is 5.91 Å². The lowest BCUT2D eigenvalue weighted by Gasteiger charge is -2.10. The highest BCUT2D eigenvalue weighted by Gasteiger charge is 2.22. The van der Waals surface area contributed by atoms with Crippen molar-refractivity contribution in [1.29, 1.82) is 0 Å². The number of hydrogen-bond acceptors (Lipinski definition) is 4. The van der Waals surface area contributed by atoms with E-state index in [-0.39, 0.29) is 5.91 Å². The van der Waals surface area contributed by atoms with E-state index in [2.05, 4.69) is 10.3 Å². The van der Waals surface area contributed by atoms with Gasteiger partial charge in [-0.3, -0.25) is 14.3 Å². The molecule has 1 aliphatic rings. The number of aryl methyl sites for hydroxylation is 1. The fourth-order valence-corrected chi connectivity index (χ4v) is 1.18. The van der Waals surface area contributed by atoms with Gasteiger partial charge in [-0.05, 0) is 6.42 Å². The lowest BCUT2D eigenvalue weighted by Crippen LogP contribution is -2.26. The first-order valence-electron chi connectivity index (χ1n) is 4.08. The summed E-state index contributed by atoms with van der Waals surface area (Å²) < 4.78 is 1.49. The number of hydrogen-bond donors (Lipinski definition) is 0. The van der Waals surface area contributed by atoms with E-state index >= 15 is 0 Å². The Bertz CT molecular complexity index is 316. The molecule has 0 saturated carbocycles. The van der Waals surface area contributed by atoms with E-state index in [1.165, 1.54) is 9.75 Å². The SMILES string of the molecule is Cn1cc(C(=O)N2CCCO2)nn1. The largest absolute Gasteiger partial charge is 0.299 e. The van der Waals surface area contributed by atoms with Crippen LogP contribution in [0.15, 0.2) is 6.20 Å². The Morgan fingerprint density at radius 1 is 1.69 bits per heavy atom. The molecule has 0 bridgehead atoms. The Balaban J connectivity index is 2.12. The molecule has 2 rings (SSSR count). The standard InChI is InChI=1S/C7H10N4O2/c1-10-5-6(8-9-10)7(12)11-3-2-4-13-11/h5H,2-4H2,1H3. The zero-order chi connectivity index (χ0) is 9.26. The molecule has 1 amide bonds. The summed E-state index contributed by atoms with van der Waals surface area (Å²) in [6.45, 7) is 1.24. The van der Waals surface area contributed by atoms with Crippen LogP contribution >= 0.6 is 0 Å². The maximum atomic E-state index is 11.5. The minimum absolute atomic E-state index is 0.217. The van der Waals surface area contributed by atoms with Gasteiger partial charge in [0.15, 0.2) is 5.69 Å². The van der Waals surface area contributed by atoms with Crippen LogP contribution in [0.3, 0.4) is 0 Å². The summed E-state index contributed by atoms with van der Waals surface area (Å²) in [6.07, 6.45) is 2.45. The fourth-order valence-electron chi connectivity index (χ4n) is 1.18. The zero-order valence-corrected chi connectivity index (χ0v) is 7.30. The number of hydroxylamine groups is 2. The summed E-state index contributed by atoms with van der Waals surface area (Å²) >= 11 is 0. The second-order valence-electron chi connectivity index (χ2n) is 2.87. The Kier molecular flexibility index (Phi) is 1.97. The maximum Gasteiger partial charge on any atom is 0.299 e. The van der Waals surface area contributed by atoms with Crippen molar-refractivity contribution in [3.63, 3.8) is 0 Å².